The smallest absolute Gasteiger partial charge is 0.337 e. The Labute approximate surface area is 215 Å². The van der Waals surface area contributed by atoms with Crippen molar-refractivity contribution in [2.45, 2.75) is 52.6 Å². The van der Waals surface area contributed by atoms with Gasteiger partial charge in [-0.1, -0.05) is 77.7 Å². The summed E-state index contributed by atoms with van der Waals surface area (Å²) in [5, 5.41) is 8.25. The number of aromatic nitrogens is 2. The molecule has 0 aliphatic carbocycles. The molecular weight excluding hydrogens is 485 g/mol. The van der Waals surface area contributed by atoms with Crippen LogP contribution >= 0.6 is 23.2 Å². The second kappa shape index (κ2) is 10.7. The maximum Gasteiger partial charge on any atom is 0.337 e. The van der Waals surface area contributed by atoms with Crippen molar-refractivity contribution in [3.8, 4) is 0 Å². The second-order valence-corrected chi connectivity index (χ2v) is 9.37. The van der Waals surface area contributed by atoms with Crippen LogP contribution in [0.3, 0.4) is 0 Å². The van der Waals surface area contributed by atoms with Gasteiger partial charge in [0.2, 0.25) is 0 Å². The summed E-state index contributed by atoms with van der Waals surface area (Å²) in [6, 6.07) is 15.3. The van der Waals surface area contributed by atoms with E-state index in [1.165, 1.54) is 0 Å². The Morgan fingerprint density at radius 3 is 2.57 bits per heavy atom. The fourth-order valence-corrected chi connectivity index (χ4v) is 4.56. The van der Waals surface area contributed by atoms with Gasteiger partial charge in [0.1, 0.15) is 0 Å². The molecule has 1 N–H and O–H groups in total. The van der Waals surface area contributed by atoms with Crippen molar-refractivity contribution < 1.29 is 14.1 Å². The van der Waals surface area contributed by atoms with E-state index in [4.69, 9.17) is 32.5 Å². The molecule has 0 spiro atoms. The molecule has 0 fully saturated rings. The monoisotopic (exact) mass is 511 g/mol. The summed E-state index contributed by atoms with van der Waals surface area (Å²) in [6.45, 7) is 7.57. The van der Waals surface area contributed by atoms with Gasteiger partial charge in [-0.15, -0.1) is 0 Å². The van der Waals surface area contributed by atoms with Crippen molar-refractivity contribution in [1.29, 1.82) is 0 Å². The first kappa shape index (κ1) is 25.0. The van der Waals surface area contributed by atoms with Crippen LogP contribution in [-0.4, -0.2) is 22.2 Å². The fraction of sp³-hybridized carbons (Fsp3) is 0.296. The molecule has 0 saturated carbocycles. The average Bonchev–Trinajstić information content (AvgIpc) is 3.28. The number of carbonyl (C=O) groups is 1. The molecule has 35 heavy (non-hydrogen) atoms. The highest BCUT2D eigenvalue weighted by molar-refractivity contribution is 6.42. The zero-order valence-electron chi connectivity index (χ0n) is 20.1. The van der Waals surface area contributed by atoms with Gasteiger partial charge in [-0.05, 0) is 44.4 Å². The molecule has 3 aromatic rings. The fourth-order valence-electron chi connectivity index (χ4n) is 4.15. The van der Waals surface area contributed by atoms with Crippen molar-refractivity contribution in [2.24, 2.45) is 0 Å². The average molecular weight is 512 g/mol. The Hall–Kier alpha value is -3.09. The van der Waals surface area contributed by atoms with Crippen LogP contribution in [0.2, 0.25) is 10.0 Å². The van der Waals surface area contributed by atoms with Gasteiger partial charge in [0.15, 0.2) is 5.82 Å². The lowest BCUT2D eigenvalue weighted by molar-refractivity contribution is -0.143. The van der Waals surface area contributed by atoms with Crippen LogP contribution in [0.5, 0.6) is 0 Å². The number of halogens is 2. The molecule has 0 amide bonds. The normalized spacial score (nSPS) is 16.8. The third-order valence-electron chi connectivity index (χ3n) is 6.06. The van der Waals surface area contributed by atoms with Crippen LogP contribution in [0.25, 0.3) is 5.57 Å². The summed E-state index contributed by atoms with van der Waals surface area (Å²) >= 11 is 13.1. The van der Waals surface area contributed by atoms with E-state index >= 15 is 0 Å². The van der Waals surface area contributed by atoms with E-state index in [1.54, 1.807) is 12.1 Å². The summed E-state index contributed by atoms with van der Waals surface area (Å²) in [6.07, 6.45) is 0.974. The van der Waals surface area contributed by atoms with Gasteiger partial charge in [0, 0.05) is 23.4 Å². The minimum atomic E-state index is -0.607. The lowest BCUT2D eigenvalue weighted by Crippen LogP contribution is -2.30. The zero-order valence-corrected chi connectivity index (χ0v) is 21.6. The number of hydrogen-bond donors (Lipinski definition) is 1. The molecule has 2 unspecified atom stereocenters. The van der Waals surface area contributed by atoms with Crippen molar-refractivity contribution in [1.82, 2.24) is 15.5 Å². The molecule has 0 radical (unpaired) electrons. The van der Waals surface area contributed by atoms with E-state index in [0.29, 0.717) is 57.0 Å². The minimum Gasteiger partial charge on any atom is -0.459 e. The maximum absolute atomic E-state index is 13.4. The highest BCUT2D eigenvalue weighted by Crippen LogP contribution is 2.46. The van der Waals surface area contributed by atoms with E-state index in [-0.39, 0.29) is 6.10 Å². The Morgan fingerprint density at radius 1 is 1.11 bits per heavy atom. The number of hydrogen-bond acceptors (Lipinski definition) is 6. The Morgan fingerprint density at radius 2 is 1.86 bits per heavy atom. The van der Waals surface area contributed by atoms with Crippen LogP contribution in [0.15, 0.2) is 70.0 Å². The number of carbonyl (C=O) groups excluding carboxylic acids is 1. The third kappa shape index (κ3) is 5.29. The molecule has 2 heterocycles. The van der Waals surface area contributed by atoms with Gasteiger partial charge < -0.3 is 14.6 Å². The predicted molar refractivity (Wildman–Crippen MR) is 137 cm³/mol. The first-order chi connectivity index (χ1) is 16.8. The second-order valence-electron chi connectivity index (χ2n) is 8.58. The van der Waals surface area contributed by atoms with Crippen LogP contribution in [-0.2, 0) is 16.0 Å². The molecule has 0 saturated heterocycles. The maximum atomic E-state index is 13.4. The molecule has 182 valence electrons. The van der Waals surface area contributed by atoms with Gasteiger partial charge in [-0.2, -0.15) is 4.98 Å². The van der Waals surface area contributed by atoms with E-state index in [2.05, 4.69) is 15.5 Å². The summed E-state index contributed by atoms with van der Waals surface area (Å²) < 4.78 is 11.5. The predicted octanol–water partition coefficient (Wildman–Crippen LogP) is 6.70. The molecule has 0 bridgehead atoms. The molecule has 1 aliphatic heterocycles. The number of benzene rings is 2. The number of rotatable bonds is 7. The van der Waals surface area contributed by atoms with Crippen LogP contribution in [0.4, 0.5) is 0 Å². The van der Waals surface area contributed by atoms with Gasteiger partial charge in [0.25, 0.3) is 5.89 Å². The largest absolute Gasteiger partial charge is 0.459 e. The number of allylic oxidation sites excluding steroid dienone is 3. The van der Waals surface area contributed by atoms with Crippen molar-refractivity contribution in [2.75, 3.05) is 0 Å². The zero-order chi connectivity index (χ0) is 25.1. The number of esters is 1. The van der Waals surface area contributed by atoms with Crippen molar-refractivity contribution in [3.63, 3.8) is 0 Å². The van der Waals surface area contributed by atoms with Crippen LogP contribution in [0, 0.1) is 0 Å². The van der Waals surface area contributed by atoms with Gasteiger partial charge in [0.05, 0.1) is 27.6 Å². The summed E-state index contributed by atoms with van der Waals surface area (Å²) in [4.78, 5) is 18.1. The Kier molecular flexibility index (Phi) is 7.63. The highest BCUT2D eigenvalue weighted by Gasteiger charge is 2.38. The molecule has 4 rings (SSSR count). The molecule has 2 atom stereocenters. The Bertz CT molecular complexity index is 1300. The standard InChI is InChI=1S/C27H27Cl2N3O3/c1-5-15(2)34-27(33)23-17(4)30-16(3)22(24(23)19-12-9-13-20(28)25(19)29)26-31-21(32-35-26)14-18-10-7-6-8-11-18/h6-13,15,24,30H,5,14H2,1-4H3. The molecule has 6 nitrogen and oxygen atoms in total. The van der Waals surface area contributed by atoms with Crippen LogP contribution < -0.4 is 5.32 Å². The van der Waals surface area contributed by atoms with Gasteiger partial charge in [-0.3, -0.25) is 0 Å². The molecular formula is C27H27Cl2N3O3. The molecule has 1 aliphatic rings. The third-order valence-corrected chi connectivity index (χ3v) is 6.89. The van der Waals surface area contributed by atoms with E-state index in [0.717, 1.165) is 11.3 Å². The van der Waals surface area contributed by atoms with E-state index < -0.39 is 11.9 Å². The van der Waals surface area contributed by atoms with E-state index in [1.807, 2.05) is 64.1 Å². The summed E-state index contributed by atoms with van der Waals surface area (Å²) in [5.74, 6) is -0.191. The molecule has 1 aromatic heterocycles. The first-order valence-corrected chi connectivity index (χ1v) is 12.3. The summed E-state index contributed by atoms with van der Waals surface area (Å²) in [5.41, 5.74) is 4.26. The van der Waals surface area contributed by atoms with Crippen LogP contribution in [0.1, 0.15) is 62.9 Å². The highest BCUT2D eigenvalue weighted by atomic mass is 35.5. The Balaban J connectivity index is 1.81. The number of ether oxygens (including phenoxy) is 1. The van der Waals surface area contributed by atoms with Gasteiger partial charge in [-0.25, -0.2) is 4.79 Å². The number of dihydropyridines is 1. The van der Waals surface area contributed by atoms with Crippen molar-refractivity contribution >= 4 is 34.7 Å². The molecule has 2 aromatic carbocycles. The van der Waals surface area contributed by atoms with Crippen molar-refractivity contribution in [3.05, 3.63) is 98.4 Å². The quantitative estimate of drug-likeness (QED) is 0.355. The SMILES string of the molecule is CCC(C)OC(=O)C1=C(C)NC(C)=C(c2nc(Cc3ccccc3)no2)C1c1cccc(Cl)c1Cl. The topological polar surface area (TPSA) is 77.2 Å². The lowest BCUT2D eigenvalue weighted by atomic mass is 9.80. The summed E-state index contributed by atoms with van der Waals surface area (Å²) in [7, 11) is 0. The number of nitrogens with zero attached hydrogens (tertiary/aromatic N) is 2. The minimum absolute atomic E-state index is 0.241. The first-order valence-electron chi connectivity index (χ1n) is 11.5. The van der Waals surface area contributed by atoms with E-state index in [9.17, 15) is 4.79 Å². The van der Waals surface area contributed by atoms with Gasteiger partial charge >= 0.3 is 5.97 Å². The lowest BCUT2D eigenvalue weighted by Gasteiger charge is -2.31. The molecule has 8 heteroatoms. The number of nitrogens with one attached hydrogen (secondary N) is 1.